The first-order chi connectivity index (χ1) is 25.7. The Bertz CT molecular complexity index is 2300. The molecule has 4 aromatic heterocycles. The zero-order valence-electron chi connectivity index (χ0n) is 28.6. The molecular weight excluding hydrogens is 653 g/mol. The van der Waals surface area contributed by atoms with Gasteiger partial charge < -0.3 is 24.4 Å². The summed E-state index contributed by atoms with van der Waals surface area (Å²) in [7, 11) is 2.01. The minimum absolute atomic E-state index is 0.356. The van der Waals surface area contributed by atoms with E-state index in [0.29, 0.717) is 51.2 Å². The van der Waals surface area contributed by atoms with E-state index in [4.69, 9.17) is 34.1 Å². The molecule has 0 amide bonds. The lowest BCUT2D eigenvalue weighted by atomic mass is 10.2. The molecule has 1 N–H and O–H groups in total. The Labute approximate surface area is 301 Å². The van der Waals surface area contributed by atoms with Gasteiger partial charge in [0.05, 0.1) is 30.8 Å². The summed E-state index contributed by atoms with van der Waals surface area (Å²) >= 11 is 0. The fraction of sp³-hybridized carbons (Fsp3) is 0.171. The van der Waals surface area contributed by atoms with E-state index in [-0.39, 0.29) is 0 Å². The van der Waals surface area contributed by atoms with E-state index in [9.17, 15) is 0 Å². The van der Waals surface area contributed by atoms with Gasteiger partial charge in [0.15, 0.2) is 11.6 Å². The standard InChI is InChI=1S/C41H36N8O3/c1-49(41-35-11-3-5-13-37(35)46-39(48-41)32-9-7-20-43-29-32)22-25-52-33-16-14-30(15-17-33)18-23-50-26-27-51-24-21-44-40-34-10-2-4-12-36(34)45-38(47-40)31-8-6-19-42-28-31/h2-17,19-20,28-29H,21-22,24-27H2,1H3,(H,44,45,47). The molecule has 0 saturated heterocycles. The summed E-state index contributed by atoms with van der Waals surface area (Å²) in [5.41, 5.74) is 4.30. The number of hydrogen-bond acceptors (Lipinski definition) is 11. The SMILES string of the molecule is CN(CCOc1ccc(C#COCCOCCNc2nc(-c3cccnc3)nc3ccccc23)cc1)c1nc(-c2cccnc2)nc2ccccc12. The lowest BCUT2D eigenvalue weighted by Gasteiger charge is -2.21. The van der Waals surface area contributed by atoms with E-state index in [0.717, 1.165) is 55.9 Å². The molecule has 0 aliphatic heterocycles. The molecule has 0 aliphatic carbocycles. The summed E-state index contributed by atoms with van der Waals surface area (Å²) in [6.07, 6.45) is 9.76. The molecular formula is C41H36N8O3. The van der Waals surface area contributed by atoms with Crippen LogP contribution in [0.1, 0.15) is 5.56 Å². The molecule has 0 radical (unpaired) electrons. The van der Waals surface area contributed by atoms with E-state index in [1.807, 2.05) is 104 Å². The summed E-state index contributed by atoms with van der Waals surface area (Å²) < 4.78 is 17.3. The highest BCUT2D eigenvalue weighted by Crippen LogP contribution is 2.27. The first-order valence-electron chi connectivity index (χ1n) is 16.9. The molecule has 0 spiro atoms. The summed E-state index contributed by atoms with van der Waals surface area (Å²) in [4.78, 5) is 29.6. The second-order valence-corrected chi connectivity index (χ2v) is 11.7. The molecule has 11 nitrogen and oxygen atoms in total. The number of anilines is 2. The van der Waals surface area contributed by atoms with Crippen molar-refractivity contribution < 1.29 is 14.2 Å². The first kappa shape index (κ1) is 33.8. The third kappa shape index (κ3) is 8.56. The van der Waals surface area contributed by atoms with Gasteiger partial charge in [0.25, 0.3) is 0 Å². The number of aromatic nitrogens is 6. The predicted octanol–water partition coefficient (Wildman–Crippen LogP) is 6.67. The Morgan fingerprint density at radius 1 is 0.654 bits per heavy atom. The third-order valence-corrected chi connectivity index (χ3v) is 8.07. The number of ether oxygens (including phenoxy) is 3. The molecule has 0 bridgehead atoms. The number of likely N-dealkylation sites (N-methyl/N-ethyl adjacent to an activating group) is 1. The van der Waals surface area contributed by atoms with E-state index in [1.54, 1.807) is 24.8 Å². The van der Waals surface area contributed by atoms with Gasteiger partial charge in [-0.25, -0.2) is 19.9 Å². The van der Waals surface area contributed by atoms with Crippen LogP contribution in [-0.2, 0) is 9.47 Å². The number of pyridine rings is 2. The highest BCUT2D eigenvalue weighted by Gasteiger charge is 2.13. The van der Waals surface area contributed by atoms with E-state index < -0.39 is 0 Å². The molecule has 52 heavy (non-hydrogen) atoms. The highest BCUT2D eigenvalue weighted by molar-refractivity contribution is 5.91. The van der Waals surface area contributed by atoms with Gasteiger partial charge in [-0.2, -0.15) is 0 Å². The lowest BCUT2D eigenvalue weighted by Crippen LogP contribution is -2.25. The average Bonchev–Trinajstić information content (AvgIpc) is 3.20. The second-order valence-electron chi connectivity index (χ2n) is 11.7. The van der Waals surface area contributed by atoms with Gasteiger partial charge in [-0.1, -0.05) is 24.3 Å². The quantitative estimate of drug-likeness (QED) is 0.0975. The molecule has 7 aromatic rings. The van der Waals surface area contributed by atoms with Gasteiger partial charge in [0.2, 0.25) is 0 Å². The van der Waals surface area contributed by atoms with Crippen LogP contribution < -0.4 is 15.0 Å². The van der Waals surface area contributed by atoms with Crippen molar-refractivity contribution in [3.8, 4) is 40.6 Å². The zero-order chi connectivity index (χ0) is 35.4. The smallest absolute Gasteiger partial charge is 0.163 e. The Kier molecular flexibility index (Phi) is 11.0. The zero-order valence-corrected chi connectivity index (χ0v) is 28.6. The highest BCUT2D eigenvalue weighted by atomic mass is 16.5. The van der Waals surface area contributed by atoms with Crippen molar-refractivity contribution in [3.63, 3.8) is 0 Å². The van der Waals surface area contributed by atoms with Gasteiger partial charge in [0.1, 0.15) is 36.7 Å². The van der Waals surface area contributed by atoms with Crippen LogP contribution in [0.3, 0.4) is 0 Å². The minimum Gasteiger partial charge on any atom is -0.492 e. The number of nitrogens with one attached hydrogen (secondary N) is 1. The molecule has 4 heterocycles. The molecule has 258 valence electrons. The topological polar surface area (TPSA) is 120 Å². The molecule has 0 atom stereocenters. The maximum Gasteiger partial charge on any atom is 0.163 e. The largest absolute Gasteiger partial charge is 0.492 e. The van der Waals surface area contributed by atoms with E-state index in [1.165, 1.54) is 0 Å². The van der Waals surface area contributed by atoms with Gasteiger partial charge in [-0.15, -0.1) is 0 Å². The van der Waals surface area contributed by atoms with Crippen LogP contribution in [0.5, 0.6) is 5.75 Å². The lowest BCUT2D eigenvalue weighted by molar-refractivity contribution is 0.0977. The van der Waals surface area contributed by atoms with Gasteiger partial charge in [-0.05, 0) is 78.7 Å². The fourth-order valence-electron chi connectivity index (χ4n) is 5.44. The van der Waals surface area contributed by atoms with Crippen molar-refractivity contribution in [2.75, 3.05) is 56.8 Å². The van der Waals surface area contributed by atoms with Crippen LogP contribution in [0, 0.1) is 12.0 Å². The molecule has 7 rings (SSSR count). The van der Waals surface area contributed by atoms with E-state index >= 15 is 0 Å². The normalized spacial score (nSPS) is 10.8. The Morgan fingerprint density at radius 2 is 1.33 bits per heavy atom. The predicted molar refractivity (Wildman–Crippen MR) is 203 cm³/mol. The number of nitrogens with zero attached hydrogens (tertiary/aromatic N) is 7. The van der Waals surface area contributed by atoms with Crippen LogP contribution in [0.15, 0.2) is 122 Å². The van der Waals surface area contributed by atoms with Crippen molar-refractivity contribution in [1.82, 2.24) is 29.9 Å². The van der Waals surface area contributed by atoms with Crippen LogP contribution in [-0.4, -0.2) is 76.5 Å². The molecule has 3 aromatic carbocycles. The maximum atomic E-state index is 6.04. The number of hydrogen-bond donors (Lipinski definition) is 1. The van der Waals surface area contributed by atoms with Crippen LogP contribution in [0.2, 0.25) is 0 Å². The van der Waals surface area contributed by atoms with Crippen LogP contribution >= 0.6 is 0 Å². The summed E-state index contributed by atoms with van der Waals surface area (Å²) in [6, 6.07) is 31.2. The van der Waals surface area contributed by atoms with Gasteiger partial charge in [-0.3, -0.25) is 9.97 Å². The molecule has 11 heteroatoms. The van der Waals surface area contributed by atoms with Gasteiger partial charge >= 0.3 is 0 Å². The Morgan fingerprint density at radius 3 is 2.04 bits per heavy atom. The monoisotopic (exact) mass is 688 g/mol. The average molecular weight is 689 g/mol. The fourth-order valence-corrected chi connectivity index (χ4v) is 5.44. The van der Waals surface area contributed by atoms with Crippen molar-refractivity contribution in [2.45, 2.75) is 0 Å². The summed E-state index contributed by atoms with van der Waals surface area (Å²) in [5, 5.41) is 5.31. The van der Waals surface area contributed by atoms with E-state index in [2.05, 4.69) is 32.2 Å². The number of para-hydroxylation sites is 2. The van der Waals surface area contributed by atoms with Crippen molar-refractivity contribution >= 4 is 33.4 Å². The number of fused-ring (bicyclic) bond motifs is 2. The number of benzene rings is 3. The second kappa shape index (κ2) is 16.8. The van der Waals surface area contributed by atoms with Crippen LogP contribution in [0.25, 0.3) is 44.6 Å². The molecule has 0 saturated carbocycles. The van der Waals surface area contributed by atoms with Gasteiger partial charge in [0, 0.05) is 65.8 Å². The number of rotatable bonds is 14. The van der Waals surface area contributed by atoms with Crippen molar-refractivity contribution in [2.24, 2.45) is 0 Å². The molecule has 0 fully saturated rings. The van der Waals surface area contributed by atoms with Crippen LogP contribution in [0.4, 0.5) is 11.6 Å². The first-order valence-corrected chi connectivity index (χ1v) is 16.9. The van der Waals surface area contributed by atoms with Crippen molar-refractivity contribution in [3.05, 3.63) is 127 Å². The Balaban J connectivity index is 0.832. The van der Waals surface area contributed by atoms with Crippen molar-refractivity contribution in [1.29, 1.82) is 0 Å². The third-order valence-electron chi connectivity index (χ3n) is 8.07. The molecule has 0 aliphatic rings. The summed E-state index contributed by atoms with van der Waals surface area (Å²) in [6.45, 7) is 2.94. The Hall–Kier alpha value is -6.64. The minimum atomic E-state index is 0.356. The summed E-state index contributed by atoms with van der Waals surface area (Å²) in [5.74, 6) is 6.64. The maximum absolute atomic E-state index is 6.04. The molecule has 0 unspecified atom stereocenters.